The molecule has 0 spiro atoms. The standard InChI is InChI=1S/C21H17FNS/c1-14-7-3-5-9-17(14)21-18(22)11-16(13-23(21)2)20-12-15-8-4-6-10-19(15)24-20/h3-13H,1-2H3/q+1. The van der Waals surface area contributed by atoms with Crippen molar-refractivity contribution in [1.82, 2.24) is 0 Å². The number of nitrogens with zero attached hydrogens (tertiary/aromatic N) is 1. The van der Waals surface area contributed by atoms with E-state index < -0.39 is 0 Å². The monoisotopic (exact) mass is 334 g/mol. The lowest BCUT2D eigenvalue weighted by Gasteiger charge is -2.06. The molecule has 0 aliphatic rings. The van der Waals surface area contributed by atoms with Gasteiger partial charge in [0.2, 0.25) is 5.69 Å². The van der Waals surface area contributed by atoms with Crippen LogP contribution < -0.4 is 4.57 Å². The Bertz CT molecular complexity index is 993. The second kappa shape index (κ2) is 5.84. The fourth-order valence-corrected chi connectivity index (χ4v) is 4.14. The van der Waals surface area contributed by atoms with Crippen LogP contribution in [0.1, 0.15) is 5.56 Å². The van der Waals surface area contributed by atoms with Gasteiger partial charge in [0.05, 0.1) is 11.1 Å². The van der Waals surface area contributed by atoms with Crippen molar-refractivity contribution in [2.24, 2.45) is 7.05 Å². The Kier molecular flexibility index (Phi) is 3.66. The Morgan fingerprint density at radius 1 is 0.958 bits per heavy atom. The van der Waals surface area contributed by atoms with Gasteiger partial charge in [0.25, 0.3) is 0 Å². The molecule has 0 saturated carbocycles. The minimum atomic E-state index is -0.193. The lowest BCUT2D eigenvalue weighted by molar-refractivity contribution is -0.661. The summed E-state index contributed by atoms with van der Waals surface area (Å²) in [5, 5.41) is 1.20. The Labute approximate surface area is 144 Å². The third kappa shape index (κ3) is 2.51. The molecule has 0 amide bonds. The predicted octanol–water partition coefficient (Wildman–Crippen LogP) is 5.51. The second-order valence-corrected chi connectivity index (χ2v) is 7.08. The summed E-state index contributed by atoms with van der Waals surface area (Å²) in [6, 6.07) is 19.9. The molecule has 0 bridgehead atoms. The van der Waals surface area contributed by atoms with Crippen molar-refractivity contribution in [2.45, 2.75) is 6.92 Å². The van der Waals surface area contributed by atoms with Crippen LogP contribution in [0.4, 0.5) is 4.39 Å². The Balaban J connectivity index is 1.87. The van der Waals surface area contributed by atoms with Crippen molar-refractivity contribution < 1.29 is 8.96 Å². The van der Waals surface area contributed by atoms with Gasteiger partial charge in [-0.1, -0.05) is 36.4 Å². The minimum absolute atomic E-state index is 0.193. The molecule has 0 atom stereocenters. The smallest absolute Gasteiger partial charge is 0.200 e. The normalized spacial score (nSPS) is 11.1. The van der Waals surface area contributed by atoms with E-state index in [1.165, 1.54) is 10.1 Å². The molecule has 118 valence electrons. The van der Waals surface area contributed by atoms with Gasteiger partial charge in [-0.2, -0.15) is 8.96 Å². The zero-order chi connectivity index (χ0) is 16.7. The summed E-state index contributed by atoms with van der Waals surface area (Å²) < 4.78 is 18.0. The predicted molar refractivity (Wildman–Crippen MR) is 98.6 cm³/mol. The van der Waals surface area contributed by atoms with Crippen LogP contribution in [0.15, 0.2) is 66.9 Å². The molecule has 0 aliphatic heterocycles. The lowest BCUT2D eigenvalue weighted by atomic mass is 10.0. The molecule has 1 nitrogen and oxygen atoms in total. The maximum atomic E-state index is 14.9. The average molecular weight is 334 g/mol. The first-order valence-electron chi connectivity index (χ1n) is 7.87. The van der Waals surface area contributed by atoms with Crippen molar-refractivity contribution in [2.75, 3.05) is 0 Å². The molecular weight excluding hydrogens is 317 g/mol. The summed E-state index contributed by atoms with van der Waals surface area (Å²) in [6.45, 7) is 2.01. The number of fused-ring (bicyclic) bond motifs is 1. The molecular formula is C21H17FNS+. The van der Waals surface area contributed by atoms with Crippen LogP contribution in [0, 0.1) is 12.7 Å². The highest BCUT2D eigenvalue weighted by molar-refractivity contribution is 7.22. The Morgan fingerprint density at radius 2 is 1.71 bits per heavy atom. The first-order valence-corrected chi connectivity index (χ1v) is 8.69. The van der Waals surface area contributed by atoms with Crippen molar-refractivity contribution in [3.05, 3.63) is 78.2 Å². The topological polar surface area (TPSA) is 3.88 Å². The number of hydrogen-bond acceptors (Lipinski definition) is 1. The number of thiophene rings is 1. The number of pyridine rings is 1. The number of aromatic nitrogens is 1. The third-order valence-corrected chi connectivity index (χ3v) is 5.47. The van der Waals surface area contributed by atoms with Gasteiger partial charge in [-0.3, -0.25) is 0 Å². The average Bonchev–Trinajstić information content (AvgIpc) is 3.00. The summed E-state index contributed by atoms with van der Waals surface area (Å²) in [4.78, 5) is 1.09. The number of rotatable bonds is 2. The molecule has 0 saturated heterocycles. The van der Waals surface area contributed by atoms with E-state index >= 15 is 0 Å². The number of benzene rings is 2. The van der Waals surface area contributed by atoms with Gasteiger partial charge in [0.1, 0.15) is 7.05 Å². The lowest BCUT2D eigenvalue weighted by Crippen LogP contribution is -2.32. The first-order chi connectivity index (χ1) is 11.6. The highest BCUT2D eigenvalue weighted by Gasteiger charge is 2.20. The number of aryl methyl sites for hydroxylation is 2. The largest absolute Gasteiger partial charge is 0.248 e. The van der Waals surface area contributed by atoms with Crippen LogP contribution in [0.5, 0.6) is 0 Å². The molecule has 4 rings (SSSR count). The third-order valence-electron chi connectivity index (χ3n) is 4.30. The first kappa shape index (κ1) is 15.0. The molecule has 0 unspecified atom stereocenters. The van der Waals surface area contributed by atoms with Crippen LogP contribution in [-0.4, -0.2) is 0 Å². The van der Waals surface area contributed by atoms with E-state index in [1.807, 2.05) is 61.1 Å². The van der Waals surface area contributed by atoms with Crippen LogP contribution in [0.25, 0.3) is 31.8 Å². The molecule has 0 fully saturated rings. The molecule has 0 N–H and O–H groups in total. The van der Waals surface area contributed by atoms with Crippen LogP contribution in [-0.2, 0) is 7.05 Å². The van der Waals surface area contributed by atoms with E-state index in [-0.39, 0.29) is 5.82 Å². The van der Waals surface area contributed by atoms with Gasteiger partial charge in [0.15, 0.2) is 12.0 Å². The zero-order valence-corrected chi connectivity index (χ0v) is 14.4. The molecule has 24 heavy (non-hydrogen) atoms. The summed E-state index contributed by atoms with van der Waals surface area (Å²) in [7, 11) is 1.90. The fraction of sp³-hybridized carbons (Fsp3) is 0.0952. The van der Waals surface area contributed by atoms with E-state index in [0.717, 1.165) is 21.6 Å². The van der Waals surface area contributed by atoms with Gasteiger partial charge in [0, 0.05) is 9.58 Å². The van der Waals surface area contributed by atoms with Gasteiger partial charge in [-0.05, 0) is 42.1 Å². The Morgan fingerprint density at radius 3 is 2.46 bits per heavy atom. The molecule has 2 aromatic carbocycles. The summed E-state index contributed by atoms with van der Waals surface area (Å²) >= 11 is 1.69. The Hall–Kier alpha value is -2.52. The molecule has 2 aromatic heterocycles. The molecule has 2 heterocycles. The maximum absolute atomic E-state index is 14.9. The van der Waals surface area contributed by atoms with E-state index in [0.29, 0.717) is 5.69 Å². The molecule has 0 radical (unpaired) electrons. The summed E-state index contributed by atoms with van der Waals surface area (Å²) in [6.07, 6.45) is 2.01. The van der Waals surface area contributed by atoms with E-state index in [2.05, 4.69) is 18.2 Å². The maximum Gasteiger partial charge on any atom is 0.248 e. The second-order valence-electron chi connectivity index (χ2n) is 6.00. The molecule has 3 heteroatoms. The zero-order valence-electron chi connectivity index (χ0n) is 13.6. The minimum Gasteiger partial charge on any atom is -0.200 e. The fourth-order valence-electron chi connectivity index (χ4n) is 3.10. The van der Waals surface area contributed by atoms with Crippen molar-refractivity contribution in [3.63, 3.8) is 0 Å². The van der Waals surface area contributed by atoms with E-state index in [9.17, 15) is 4.39 Å². The highest BCUT2D eigenvalue weighted by atomic mass is 32.1. The quantitative estimate of drug-likeness (QED) is 0.426. The van der Waals surface area contributed by atoms with Crippen molar-refractivity contribution in [3.8, 4) is 21.7 Å². The van der Waals surface area contributed by atoms with Crippen LogP contribution >= 0.6 is 11.3 Å². The van der Waals surface area contributed by atoms with Gasteiger partial charge >= 0.3 is 0 Å². The van der Waals surface area contributed by atoms with Crippen LogP contribution in [0.2, 0.25) is 0 Å². The van der Waals surface area contributed by atoms with Crippen molar-refractivity contribution in [1.29, 1.82) is 0 Å². The van der Waals surface area contributed by atoms with E-state index in [4.69, 9.17) is 0 Å². The summed E-state index contributed by atoms with van der Waals surface area (Å²) in [5.74, 6) is -0.193. The summed E-state index contributed by atoms with van der Waals surface area (Å²) in [5.41, 5.74) is 3.54. The highest BCUT2D eigenvalue weighted by Crippen LogP contribution is 2.34. The SMILES string of the molecule is Cc1ccccc1-c1c(F)cc(-c2cc3ccccc3s2)c[n+]1C. The van der Waals surface area contributed by atoms with Gasteiger partial charge in [-0.15, -0.1) is 11.3 Å². The van der Waals surface area contributed by atoms with Crippen molar-refractivity contribution >= 4 is 21.4 Å². The van der Waals surface area contributed by atoms with Gasteiger partial charge in [-0.25, -0.2) is 0 Å². The molecule has 4 aromatic rings. The van der Waals surface area contributed by atoms with Gasteiger partial charge < -0.3 is 0 Å². The molecule has 0 aliphatic carbocycles. The number of halogens is 1. The number of hydrogen-bond donors (Lipinski definition) is 0. The van der Waals surface area contributed by atoms with Crippen LogP contribution in [0.3, 0.4) is 0 Å². The van der Waals surface area contributed by atoms with E-state index in [1.54, 1.807) is 17.4 Å².